The Labute approximate surface area is 125 Å². The molecule has 1 heterocycles. The number of likely N-dealkylation sites (tertiary alicyclic amines) is 1. The Kier molecular flexibility index (Phi) is 5.30. The van der Waals surface area contributed by atoms with Crippen molar-refractivity contribution in [2.75, 3.05) is 33.7 Å². The molecule has 1 aromatic rings. The maximum absolute atomic E-state index is 13.2. The van der Waals surface area contributed by atoms with E-state index in [1.165, 1.54) is 12.1 Å². The zero-order valence-corrected chi connectivity index (χ0v) is 13.0. The molecular formula is C16H25F2N3. The first-order valence-electron chi connectivity index (χ1n) is 7.47. The third-order valence-electron chi connectivity index (χ3n) is 4.38. The van der Waals surface area contributed by atoms with Gasteiger partial charge in [-0.05, 0) is 44.1 Å². The van der Waals surface area contributed by atoms with Gasteiger partial charge in [-0.2, -0.15) is 0 Å². The molecule has 21 heavy (non-hydrogen) atoms. The molecule has 0 spiro atoms. The van der Waals surface area contributed by atoms with Crippen LogP contribution in [0.2, 0.25) is 0 Å². The van der Waals surface area contributed by atoms with E-state index in [1.54, 1.807) is 0 Å². The lowest BCUT2D eigenvalue weighted by Gasteiger charge is -2.23. The van der Waals surface area contributed by atoms with E-state index in [-0.39, 0.29) is 6.04 Å². The minimum Gasteiger partial charge on any atom is -0.324 e. The number of hydrogen-bond acceptors (Lipinski definition) is 3. The van der Waals surface area contributed by atoms with E-state index in [1.807, 2.05) is 0 Å². The molecule has 1 saturated heterocycles. The van der Waals surface area contributed by atoms with E-state index in [9.17, 15) is 8.78 Å². The van der Waals surface area contributed by atoms with Crippen LogP contribution in [0, 0.1) is 17.6 Å². The van der Waals surface area contributed by atoms with Gasteiger partial charge in [0.25, 0.3) is 0 Å². The zero-order valence-electron chi connectivity index (χ0n) is 13.0. The molecule has 1 aliphatic rings. The molecule has 1 fully saturated rings. The van der Waals surface area contributed by atoms with E-state index in [0.717, 1.165) is 25.7 Å². The van der Waals surface area contributed by atoms with Crippen LogP contribution < -0.4 is 5.73 Å². The Balaban J connectivity index is 1.88. The predicted octanol–water partition coefficient (Wildman–Crippen LogP) is 2.24. The van der Waals surface area contributed by atoms with E-state index < -0.39 is 11.6 Å². The van der Waals surface area contributed by atoms with Gasteiger partial charge in [0.15, 0.2) is 0 Å². The van der Waals surface area contributed by atoms with Crippen molar-refractivity contribution in [1.29, 1.82) is 0 Å². The van der Waals surface area contributed by atoms with Gasteiger partial charge in [0.05, 0.1) is 0 Å². The monoisotopic (exact) mass is 297 g/mol. The molecule has 3 atom stereocenters. The first-order valence-corrected chi connectivity index (χ1v) is 7.47. The van der Waals surface area contributed by atoms with E-state index >= 15 is 0 Å². The summed E-state index contributed by atoms with van der Waals surface area (Å²) in [6.45, 7) is 5.19. The van der Waals surface area contributed by atoms with Gasteiger partial charge >= 0.3 is 0 Å². The number of hydrogen-bond donors (Lipinski definition) is 1. The third kappa shape index (κ3) is 4.22. The molecule has 0 aromatic heterocycles. The van der Waals surface area contributed by atoms with Crippen molar-refractivity contribution in [3.63, 3.8) is 0 Å². The highest BCUT2D eigenvalue weighted by Crippen LogP contribution is 2.22. The highest BCUT2D eigenvalue weighted by Gasteiger charge is 2.30. The molecule has 1 aromatic carbocycles. The normalized spacial score (nSPS) is 24.7. The first-order chi connectivity index (χ1) is 9.86. The van der Waals surface area contributed by atoms with E-state index in [4.69, 9.17) is 5.73 Å². The minimum atomic E-state index is -0.567. The number of rotatable bonds is 5. The van der Waals surface area contributed by atoms with Crippen molar-refractivity contribution < 1.29 is 8.78 Å². The summed E-state index contributed by atoms with van der Waals surface area (Å²) in [6.07, 6.45) is 0.704. The fourth-order valence-corrected chi connectivity index (χ4v) is 3.18. The predicted molar refractivity (Wildman–Crippen MR) is 81.0 cm³/mol. The molecule has 118 valence electrons. The molecule has 3 nitrogen and oxygen atoms in total. The summed E-state index contributed by atoms with van der Waals surface area (Å²) in [4.78, 5) is 4.64. The third-order valence-corrected chi connectivity index (χ3v) is 4.38. The molecule has 0 aliphatic carbocycles. The Morgan fingerprint density at radius 2 is 1.86 bits per heavy atom. The van der Waals surface area contributed by atoms with E-state index in [0.29, 0.717) is 23.9 Å². The zero-order chi connectivity index (χ0) is 15.6. The molecule has 2 rings (SSSR count). The Bertz CT molecular complexity index is 458. The van der Waals surface area contributed by atoms with Crippen molar-refractivity contribution in [3.05, 3.63) is 35.4 Å². The van der Waals surface area contributed by atoms with Crippen molar-refractivity contribution in [2.24, 2.45) is 11.7 Å². The van der Waals surface area contributed by atoms with Crippen LogP contribution in [-0.2, 0) is 0 Å². The Morgan fingerprint density at radius 1 is 1.24 bits per heavy atom. The second kappa shape index (κ2) is 6.81. The van der Waals surface area contributed by atoms with Crippen LogP contribution in [0.4, 0.5) is 8.78 Å². The fourth-order valence-electron chi connectivity index (χ4n) is 3.18. The largest absolute Gasteiger partial charge is 0.324 e. The smallest absolute Gasteiger partial charge is 0.126 e. The molecule has 5 heteroatoms. The van der Waals surface area contributed by atoms with Crippen LogP contribution in [-0.4, -0.2) is 49.6 Å². The minimum absolute atomic E-state index is 0.330. The maximum atomic E-state index is 13.2. The average molecular weight is 297 g/mol. The summed E-state index contributed by atoms with van der Waals surface area (Å²) in [5.74, 6) is -0.506. The molecular weight excluding hydrogens is 272 g/mol. The number of halogens is 2. The lowest BCUT2D eigenvalue weighted by Crippen LogP contribution is -2.34. The Morgan fingerprint density at radius 3 is 2.38 bits per heavy atom. The fraction of sp³-hybridized carbons (Fsp3) is 0.625. The van der Waals surface area contributed by atoms with Crippen LogP contribution in [0.25, 0.3) is 0 Å². The number of nitrogens with zero attached hydrogens (tertiary/aromatic N) is 2. The standard InChI is InChI=1S/C16H25F2N3/c1-11-9-21(10-16(11)20(2)3)5-4-15(19)12-6-13(17)8-14(18)7-12/h6-8,11,15-16H,4-5,9-10,19H2,1-3H3. The van der Waals surface area contributed by atoms with Gasteiger partial charge in [0.1, 0.15) is 11.6 Å². The lowest BCUT2D eigenvalue weighted by atomic mass is 10.0. The van der Waals surface area contributed by atoms with Gasteiger partial charge in [0, 0.05) is 37.8 Å². The van der Waals surface area contributed by atoms with Crippen molar-refractivity contribution in [3.8, 4) is 0 Å². The van der Waals surface area contributed by atoms with Gasteiger partial charge < -0.3 is 15.5 Å². The molecule has 0 bridgehead atoms. The van der Waals surface area contributed by atoms with Crippen LogP contribution in [0.15, 0.2) is 18.2 Å². The molecule has 0 saturated carbocycles. The average Bonchev–Trinajstić information content (AvgIpc) is 2.76. The highest BCUT2D eigenvalue weighted by molar-refractivity contribution is 5.21. The van der Waals surface area contributed by atoms with Crippen molar-refractivity contribution in [2.45, 2.75) is 25.4 Å². The van der Waals surface area contributed by atoms with E-state index in [2.05, 4.69) is 30.8 Å². The molecule has 1 aliphatic heterocycles. The van der Waals surface area contributed by atoms with Crippen LogP contribution in [0.5, 0.6) is 0 Å². The van der Waals surface area contributed by atoms with Crippen LogP contribution in [0.3, 0.4) is 0 Å². The number of likely N-dealkylation sites (N-methyl/N-ethyl adjacent to an activating group) is 1. The molecule has 3 unspecified atom stereocenters. The van der Waals surface area contributed by atoms with Crippen molar-refractivity contribution in [1.82, 2.24) is 9.80 Å². The summed E-state index contributed by atoms with van der Waals surface area (Å²) >= 11 is 0. The first kappa shape index (κ1) is 16.3. The Hall–Kier alpha value is -1.04. The lowest BCUT2D eigenvalue weighted by molar-refractivity contribution is 0.250. The topological polar surface area (TPSA) is 32.5 Å². The second-order valence-electron chi connectivity index (χ2n) is 6.37. The van der Waals surface area contributed by atoms with Crippen LogP contribution in [0.1, 0.15) is 24.9 Å². The molecule has 2 N–H and O–H groups in total. The van der Waals surface area contributed by atoms with Gasteiger partial charge in [0.2, 0.25) is 0 Å². The number of benzene rings is 1. The maximum Gasteiger partial charge on any atom is 0.126 e. The van der Waals surface area contributed by atoms with Crippen molar-refractivity contribution >= 4 is 0 Å². The quantitative estimate of drug-likeness (QED) is 0.904. The summed E-state index contributed by atoms with van der Waals surface area (Å²) in [7, 11) is 4.21. The number of nitrogens with two attached hydrogens (primary N) is 1. The summed E-state index contributed by atoms with van der Waals surface area (Å²) in [5.41, 5.74) is 6.60. The summed E-state index contributed by atoms with van der Waals surface area (Å²) in [5, 5.41) is 0. The van der Waals surface area contributed by atoms with Gasteiger partial charge in [-0.1, -0.05) is 6.92 Å². The van der Waals surface area contributed by atoms with Crippen LogP contribution >= 0.6 is 0 Å². The molecule has 0 radical (unpaired) electrons. The molecule has 0 amide bonds. The summed E-state index contributed by atoms with van der Waals surface area (Å²) in [6, 6.07) is 3.75. The second-order valence-corrected chi connectivity index (χ2v) is 6.37. The van der Waals surface area contributed by atoms with Gasteiger partial charge in [-0.3, -0.25) is 0 Å². The van der Waals surface area contributed by atoms with Gasteiger partial charge in [-0.25, -0.2) is 8.78 Å². The highest BCUT2D eigenvalue weighted by atomic mass is 19.1. The summed E-state index contributed by atoms with van der Waals surface area (Å²) < 4.78 is 26.4. The SMILES string of the molecule is CC1CN(CCC(N)c2cc(F)cc(F)c2)CC1N(C)C. The van der Waals surface area contributed by atoms with Gasteiger partial charge in [-0.15, -0.1) is 0 Å².